The molecule has 0 aromatic carbocycles. The molecule has 1 unspecified atom stereocenters. The van der Waals surface area contributed by atoms with Crippen molar-refractivity contribution in [1.29, 1.82) is 0 Å². The van der Waals surface area contributed by atoms with Gasteiger partial charge in [0.05, 0.1) is 24.1 Å². The highest BCUT2D eigenvalue weighted by atomic mass is 32.1. The Morgan fingerprint density at radius 2 is 1.87 bits per heavy atom. The molecule has 1 N–H and O–H groups in total. The van der Waals surface area contributed by atoms with Gasteiger partial charge in [0, 0.05) is 11.9 Å². The van der Waals surface area contributed by atoms with Crippen LogP contribution in [0.1, 0.15) is 64.0 Å². The van der Waals surface area contributed by atoms with Crippen molar-refractivity contribution in [2.75, 3.05) is 18.5 Å². The quantitative estimate of drug-likeness (QED) is 0.678. The number of rotatable bonds is 6. The summed E-state index contributed by atoms with van der Waals surface area (Å²) in [6, 6.07) is -0.419. The standard InChI is InChI=1S/C23H31N3O4S/c1-2-30-19(27)9-17-13-31-22(24-17)25-20(28)18-4-3-5-26(18)21(29)23-10-14-6-15(11-23)8-16(7-14)12-23/h13-16,18H,2-12H2,1H3,(H,24,25,28). The van der Waals surface area contributed by atoms with E-state index in [2.05, 4.69) is 10.3 Å². The van der Waals surface area contributed by atoms with E-state index in [-0.39, 0.29) is 29.6 Å². The number of carbonyl (C=O) groups is 3. The Kier molecular flexibility index (Phi) is 5.52. The minimum absolute atomic E-state index is 0.0975. The fourth-order valence-corrected chi connectivity index (χ4v) is 7.67. The summed E-state index contributed by atoms with van der Waals surface area (Å²) in [7, 11) is 0. The molecule has 4 bridgehead atoms. The zero-order valence-electron chi connectivity index (χ0n) is 18.1. The van der Waals surface area contributed by atoms with Crippen LogP contribution in [-0.4, -0.2) is 46.9 Å². The zero-order valence-corrected chi connectivity index (χ0v) is 18.9. The molecule has 0 spiro atoms. The lowest BCUT2D eigenvalue weighted by Gasteiger charge is -2.56. The van der Waals surface area contributed by atoms with Crippen LogP contribution in [0.5, 0.6) is 0 Å². The predicted octanol–water partition coefficient (Wildman–Crippen LogP) is 3.39. The van der Waals surface area contributed by atoms with Crippen molar-refractivity contribution < 1.29 is 19.1 Å². The minimum atomic E-state index is -0.419. The first-order valence-electron chi connectivity index (χ1n) is 11.7. The Bertz CT molecular complexity index is 847. The second-order valence-corrected chi connectivity index (χ2v) is 10.8. The molecule has 1 aromatic heterocycles. The number of ether oxygens (including phenoxy) is 1. The van der Waals surface area contributed by atoms with Gasteiger partial charge in [0.25, 0.3) is 0 Å². The monoisotopic (exact) mass is 445 g/mol. The van der Waals surface area contributed by atoms with Gasteiger partial charge in [-0.3, -0.25) is 14.4 Å². The Morgan fingerprint density at radius 1 is 1.19 bits per heavy atom. The number of nitrogens with zero attached hydrogens (tertiary/aromatic N) is 2. The van der Waals surface area contributed by atoms with Gasteiger partial charge in [-0.2, -0.15) is 0 Å². The van der Waals surface area contributed by atoms with Crippen molar-refractivity contribution in [2.45, 2.75) is 70.8 Å². The van der Waals surface area contributed by atoms with Crippen LogP contribution in [0, 0.1) is 23.2 Å². The first-order valence-corrected chi connectivity index (χ1v) is 12.6. The first kappa shape index (κ1) is 20.9. The zero-order chi connectivity index (χ0) is 21.6. The van der Waals surface area contributed by atoms with Crippen LogP contribution in [0.3, 0.4) is 0 Å². The van der Waals surface area contributed by atoms with Gasteiger partial charge in [0.15, 0.2) is 5.13 Å². The van der Waals surface area contributed by atoms with Crippen LogP contribution >= 0.6 is 11.3 Å². The summed E-state index contributed by atoms with van der Waals surface area (Å²) < 4.78 is 4.95. The Labute approximate surface area is 186 Å². The summed E-state index contributed by atoms with van der Waals surface area (Å²) >= 11 is 1.30. The van der Waals surface area contributed by atoms with E-state index in [0.717, 1.165) is 25.7 Å². The van der Waals surface area contributed by atoms with Crippen molar-refractivity contribution in [1.82, 2.24) is 9.88 Å². The number of carbonyl (C=O) groups excluding carboxylic acids is 3. The highest BCUT2D eigenvalue weighted by Crippen LogP contribution is 2.60. The fraction of sp³-hybridized carbons (Fsp3) is 0.739. The lowest BCUT2D eigenvalue weighted by atomic mass is 9.49. The van der Waals surface area contributed by atoms with Gasteiger partial charge in [-0.1, -0.05) is 0 Å². The van der Waals surface area contributed by atoms with Crippen LogP contribution in [0.25, 0.3) is 0 Å². The maximum Gasteiger partial charge on any atom is 0.311 e. The topological polar surface area (TPSA) is 88.6 Å². The van der Waals surface area contributed by atoms with Crippen LogP contribution in [0.2, 0.25) is 0 Å². The van der Waals surface area contributed by atoms with Gasteiger partial charge >= 0.3 is 5.97 Å². The molecular weight excluding hydrogens is 414 g/mol. The molecule has 2 heterocycles. The van der Waals surface area contributed by atoms with Crippen LogP contribution < -0.4 is 5.32 Å². The molecule has 31 heavy (non-hydrogen) atoms. The predicted molar refractivity (Wildman–Crippen MR) is 116 cm³/mol. The molecular formula is C23H31N3O4S. The summed E-state index contributed by atoms with van der Waals surface area (Å²) in [5.41, 5.74) is 0.373. The lowest BCUT2D eigenvalue weighted by molar-refractivity contribution is -0.160. The molecule has 0 radical (unpaired) electrons. The average Bonchev–Trinajstić information content (AvgIpc) is 3.36. The normalized spacial score (nSPS) is 33.5. The Morgan fingerprint density at radius 3 is 2.52 bits per heavy atom. The number of likely N-dealkylation sites (tertiary alicyclic amines) is 1. The second-order valence-electron chi connectivity index (χ2n) is 9.97. The number of nitrogens with one attached hydrogen (secondary N) is 1. The number of thiazole rings is 1. The molecule has 5 aliphatic rings. The van der Waals surface area contributed by atoms with Gasteiger partial charge < -0.3 is 15.0 Å². The lowest BCUT2D eigenvalue weighted by Crippen LogP contribution is -2.56. The molecule has 8 heteroatoms. The van der Waals surface area contributed by atoms with Crippen molar-refractivity contribution in [3.8, 4) is 0 Å². The highest BCUT2D eigenvalue weighted by molar-refractivity contribution is 7.13. The number of esters is 1. The number of hydrogen-bond donors (Lipinski definition) is 1. The van der Waals surface area contributed by atoms with E-state index in [0.29, 0.717) is 48.2 Å². The van der Waals surface area contributed by atoms with Crippen molar-refractivity contribution >= 4 is 34.3 Å². The second kappa shape index (κ2) is 8.19. The maximum atomic E-state index is 13.7. The molecule has 4 aliphatic carbocycles. The number of aromatic nitrogens is 1. The molecule has 168 valence electrons. The van der Waals surface area contributed by atoms with E-state index in [9.17, 15) is 14.4 Å². The Balaban J connectivity index is 1.24. The van der Waals surface area contributed by atoms with E-state index in [4.69, 9.17) is 4.74 Å². The van der Waals surface area contributed by atoms with Crippen LogP contribution in [0.4, 0.5) is 5.13 Å². The number of amides is 2. The Hall–Kier alpha value is -1.96. The molecule has 5 fully saturated rings. The van der Waals surface area contributed by atoms with Gasteiger partial charge in [0.2, 0.25) is 11.8 Å². The van der Waals surface area contributed by atoms with Crippen molar-refractivity contribution in [3.05, 3.63) is 11.1 Å². The molecule has 4 saturated carbocycles. The molecule has 2 amide bonds. The molecule has 7 nitrogen and oxygen atoms in total. The van der Waals surface area contributed by atoms with Crippen LogP contribution in [0.15, 0.2) is 5.38 Å². The van der Waals surface area contributed by atoms with Crippen LogP contribution in [-0.2, 0) is 25.5 Å². The number of anilines is 1. The summed E-state index contributed by atoms with van der Waals surface area (Å²) in [6.07, 6.45) is 8.62. The van der Waals surface area contributed by atoms with E-state index >= 15 is 0 Å². The summed E-state index contributed by atoms with van der Waals surface area (Å²) in [5, 5.41) is 5.12. The first-order chi connectivity index (χ1) is 15.0. The highest BCUT2D eigenvalue weighted by Gasteiger charge is 2.56. The average molecular weight is 446 g/mol. The largest absolute Gasteiger partial charge is 0.466 e. The summed E-state index contributed by atoms with van der Waals surface area (Å²) in [4.78, 5) is 44.7. The van der Waals surface area contributed by atoms with Gasteiger partial charge in [-0.05, 0) is 76.0 Å². The third kappa shape index (κ3) is 3.99. The molecule has 1 saturated heterocycles. The van der Waals surface area contributed by atoms with E-state index in [1.165, 1.54) is 30.6 Å². The third-order valence-corrected chi connectivity index (χ3v) is 8.53. The third-order valence-electron chi connectivity index (χ3n) is 7.72. The SMILES string of the molecule is CCOC(=O)Cc1csc(NC(=O)C2CCCN2C(=O)C23CC4CC(CC(C4)C2)C3)n1. The van der Waals surface area contributed by atoms with Crippen molar-refractivity contribution in [3.63, 3.8) is 0 Å². The smallest absolute Gasteiger partial charge is 0.311 e. The maximum absolute atomic E-state index is 13.7. The van der Waals surface area contributed by atoms with Gasteiger partial charge in [-0.15, -0.1) is 11.3 Å². The minimum Gasteiger partial charge on any atom is -0.466 e. The molecule has 1 aromatic rings. The van der Waals surface area contributed by atoms with Crippen molar-refractivity contribution in [2.24, 2.45) is 23.2 Å². The summed E-state index contributed by atoms with van der Waals surface area (Å²) in [5.74, 6) is 1.86. The van der Waals surface area contributed by atoms with E-state index in [1.54, 1.807) is 12.3 Å². The molecule has 1 aliphatic heterocycles. The molecule has 1 atom stereocenters. The van der Waals surface area contributed by atoms with Gasteiger partial charge in [-0.25, -0.2) is 4.98 Å². The molecule has 6 rings (SSSR count). The van der Waals surface area contributed by atoms with Gasteiger partial charge in [0.1, 0.15) is 6.04 Å². The fourth-order valence-electron chi connectivity index (χ4n) is 6.95. The number of hydrogen-bond acceptors (Lipinski definition) is 6. The van der Waals surface area contributed by atoms with E-state index < -0.39 is 6.04 Å². The summed E-state index contributed by atoms with van der Waals surface area (Å²) in [6.45, 7) is 2.77. The van der Waals surface area contributed by atoms with E-state index in [1.807, 2.05) is 4.90 Å².